The van der Waals surface area contributed by atoms with E-state index in [0.717, 1.165) is 24.0 Å². The molecule has 0 spiro atoms. The molecule has 0 bridgehead atoms. The number of nitrogens with one attached hydrogen (secondary N) is 2. The van der Waals surface area contributed by atoms with Crippen LogP contribution in [0.3, 0.4) is 0 Å². The van der Waals surface area contributed by atoms with Gasteiger partial charge < -0.3 is 26.8 Å². The van der Waals surface area contributed by atoms with Gasteiger partial charge in [0.1, 0.15) is 0 Å². The number of hydrogen-bond donors (Lipinski definition) is 4. The first kappa shape index (κ1) is 24.7. The Bertz CT molecular complexity index is 969. The SMILES string of the molecule is C=N/C=C\C(NCCCOC)=C(/C)NC(=O)c1nc(-c2ccc(CCN)cc2)cnc1N. The van der Waals surface area contributed by atoms with E-state index in [4.69, 9.17) is 16.2 Å². The second kappa shape index (κ2) is 13.0. The van der Waals surface area contributed by atoms with E-state index < -0.39 is 5.91 Å². The minimum atomic E-state index is -0.453. The van der Waals surface area contributed by atoms with Crippen LogP contribution >= 0.6 is 0 Å². The number of methoxy groups -OCH3 is 1. The molecule has 0 aliphatic carbocycles. The maximum atomic E-state index is 12.9. The van der Waals surface area contributed by atoms with Crippen molar-refractivity contribution in [2.75, 3.05) is 32.5 Å². The number of nitrogens with zero attached hydrogens (tertiary/aromatic N) is 3. The van der Waals surface area contributed by atoms with Crippen LogP contribution in [0.1, 0.15) is 29.4 Å². The average molecular weight is 438 g/mol. The van der Waals surface area contributed by atoms with Crippen LogP contribution in [0.2, 0.25) is 0 Å². The van der Waals surface area contributed by atoms with E-state index >= 15 is 0 Å². The van der Waals surface area contributed by atoms with E-state index in [2.05, 4.69) is 32.3 Å². The molecule has 0 atom stereocenters. The molecule has 0 aliphatic heterocycles. The monoisotopic (exact) mass is 437 g/mol. The number of rotatable bonds is 12. The van der Waals surface area contributed by atoms with E-state index in [1.54, 1.807) is 26.3 Å². The summed E-state index contributed by atoms with van der Waals surface area (Å²) < 4.78 is 5.06. The van der Waals surface area contributed by atoms with Crippen molar-refractivity contribution < 1.29 is 9.53 Å². The molecule has 0 unspecified atom stereocenters. The topological polar surface area (TPSA) is 141 Å². The lowest BCUT2D eigenvalue weighted by atomic mass is 10.1. The summed E-state index contributed by atoms with van der Waals surface area (Å²) in [5, 5.41) is 6.08. The molecular weight excluding hydrogens is 406 g/mol. The fraction of sp³-hybridized carbons (Fsp3) is 0.304. The molecule has 0 saturated heterocycles. The lowest BCUT2D eigenvalue weighted by Gasteiger charge is -2.13. The summed E-state index contributed by atoms with van der Waals surface area (Å²) in [6, 6.07) is 7.81. The van der Waals surface area contributed by atoms with Gasteiger partial charge in [-0.1, -0.05) is 24.3 Å². The van der Waals surface area contributed by atoms with Crippen LogP contribution in [-0.4, -0.2) is 49.4 Å². The van der Waals surface area contributed by atoms with Crippen molar-refractivity contribution in [3.63, 3.8) is 0 Å². The zero-order valence-corrected chi connectivity index (χ0v) is 18.6. The Kier molecular flexibility index (Phi) is 10.0. The van der Waals surface area contributed by atoms with Crippen LogP contribution in [0.4, 0.5) is 5.82 Å². The molecule has 0 fully saturated rings. The highest BCUT2D eigenvalue weighted by Crippen LogP contribution is 2.19. The molecule has 0 saturated carbocycles. The Morgan fingerprint density at radius 1 is 1.31 bits per heavy atom. The Morgan fingerprint density at radius 3 is 2.72 bits per heavy atom. The first-order valence-corrected chi connectivity index (χ1v) is 10.3. The molecule has 2 rings (SSSR count). The summed E-state index contributed by atoms with van der Waals surface area (Å²) >= 11 is 0. The second-order valence-corrected chi connectivity index (χ2v) is 6.99. The number of aliphatic imine (C=N–C) groups is 1. The van der Waals surface area contributed by atoms with Crippen molar-refractivity contribution in [2.45, 2.75) is 19.8 Å². The number of anilines is 1. The molecule has 9 nitrogen and oxygen atoms in total. The minimum absolute atomic E-state index is 0.0525. The van der Waals surface area contributed by atoms with Crippen molar-refractivity contribution in [3.8, 4) is 11.3 Å². The van der Waals surface area contributed by atoms with Crippen LogP contribution in [-0.2, 0) is 11.2 Å². The lowest BCUT2D eigenvalue weighted by molar-refractivity contribution is 0.0961. The van der Waals surface area contributed by atoms with Gasteiger partial charge in [-0.05, 0) is 44.7 Å². The van der Waals surface area contributed by atoms with Gasteiger partial charge in [0.05, 0.1) is 17.6 Å². The van der Waals surface area contributed by atoms with Gasteiger partial charge in [-0.2, -0.15) is 0 Å². The number of nitrogens with two attached hydrogens (primary N) is 2. The van der Waals surface area contributed by atoms with Crippen molar-refractivity contribution in [1.82, 2.24) is 20.6 Å². The van der Waals surface area contributed by atoms with E-state index in [0.29, 0.717) is 36.8 Å². The molecule has 0 radical (unpaired) electrons. The number of nitrogen functional groups attached to an aromatic ring is 1. The number of allylic oxidation sites excluding steroid dienone is 2. The normalized spacial score (nSPS) is 11.8. The Balaban J connectivity index is 2.22. The number of carbonyl (C=O) groups excluding carboxylic acids is 1. The van der Waals surface area contributed by atoms with Gasteiger partial charge in [-0.3, -0.25) is 9.79 Å². The average Bonchev–Trinajstić information content (AvgIpc) is 2.79. The van der Waals surface area contributed by atoms with Gasteiger partial charge in [-0.25, -0.2) is 9.97 Å². The van der Waals surface area contributed by atoms with E-state index in [1.807, 2.05) is 24.3 Å². The summed E-state index contributed by atoms with van der Waals surface area (Å²) in [6.45, 7) is 7.08. The number of aromatic nitrogens is 2. The van der Waals surface area contributed by atoms with Gasteiger partial charge in [-0.15, -0.1) is 0 Å². The summed E-state index contributed by atoms with van der Waals surface area (Å²) in [4.78, 5) is 25.2. The molecule has 1 aromatic carbocycles. The molecule has 1 heterocycles. The van der Waals surface area contributed by atoms with Crippen LogP contribution in [0.15, 0.2) is 59.1 Å². The number of carbonyl (C=O) groups is 1. The highest BCUT2D eigenvalue weighted by atomic mass is 16.5. The summed E-state index contributed by atoms with van der Waals surface area (Å²) in [6.07, 6.45) is 6.42. The van der Waals surface area contributed by atoms with Gasteiger partial charge >= 0.3 is 0 Å². The molecular formula is C23H31N7O2. The molecule has 0 aliphatic rings. The number of ether oxygens (including phenoxy) is 1. The van der Waals surface area contributed by atoms with Crippen LogP contribution in [0, 0.1) is 0 Å². The quantitative estimate of drug-likeness (QED) is 0.226. The molecule has 1 amide bonds. The minimum Gasteiger partial charge on any atom is -0.385 e. The van der Waals surface area contributed by atoms with E-state index in [1.165, 1.54) is 6.20 Å². The Labute approximate surface area is 188 Å². The molecule has 1 aromatic heterocycles. The maximum absolute atomic E-state index is 12.9. The van der Waals surface area contributed by atoms with Gasteiger partial charge in [0.2, 0.25) is 0 Å². The van der Waals surface area contributed by atoms with Crippen LogP contribution < -0.4 is 22.1 Å². The fourth-order valence-electron chi connectivity index (χ4n) is 2.89. The lowest BCUT2D eigenvalue weighted by Crippen LogP contribution is -2.28. The van der Waals surface area contributed by atoms with E-state index in [9.17, 15) is 4.79 Å². The van der Waals surface area contributed by atoms with Crippen molar-refractivity contribution in [2.24, 2.45) is 10.7 Å². The van der Waals surface area contributed by atoms with Gasteiger partial charge in [0.15, 0.2) is 11.5 Å². The molecule has 9 heteroatoms. The third kappa shape index (κ3) is 7.29. The predicted octanol–water partition coefficient (Wildman–Crippen LogP) is 2.03. The van der Waals surface area contributed by atoms with Gasteiger partial charge in [0, 0.05) is 37.7 Å². The highest BCUT2D eigenvalue weighted by molar-refractivity contribution is 5.97. The third-order valence-electron chi connectivity index (χ3n) is 4.59. The predicted molar refractivity (Wildman–Crippen MR) is 128 cm³/mol. The van der Waals surface area contributed by atoms with Crippen molar-refractivity contribution in [1.29, 1.82) is 0 Å². The number of amides is 1. The number of benzene rings is 1. The highest BCUT2D eigenvalue weighted by Gasteiger charge is 2.16. The zero-order chi connectivity index (χ0) is 23.3. The largest absolute Gasteiger partial charge is 0.385 e. The molecule has 170 valence electrons. The van der Waals surface area contributed by atoms with Crippen molar-refractivity contribution in [3.05, 3.63) is 65.4 Å². The first-order chi connectivity index (χ1) is 15.5. The summed E-state index contributed by atoms with van der Waals surface area (Å²) in [5.41, 5.74) is 15.4. The zero-order valence-electron chi connectivity index (χ0n) is 18.6. The molecule has 6 N–H and O–H groups in total. The molecule has 32 heavy (non-hydrogen) atoms. The summed E-state index contributed by atoms with van der Waals surface area (Å²) in [7, 11) is 1.65. The second-order valence-electron chi connectivity index (χ2n) is 6.99. The van der Waals surface area contributed by atoms with Crippen LogP contribution in [0.5, 0.6) is 0 Å². The third-order valence-corrected chi connectivity index (χ3v) is 4.59. The Morgan fingerprint density at radius 2 is 2.06 bits per heavy atom. The smallest absolute Gasteiger partial charge is 0.277 e. The van der Waals surface area contributed by atoms with Gasteiger partial charge in [0.25, 0.3) is 5.91 Å². The molecule has 2 aromatic rings. The number of hydrogen-bond acceptors (Lipinski definition) is 8. The van der Waals surface area contributed by atoms with Crippen LogP contribution in [0.25, 0.3) is 11.3 Å². The fourth-order valence-corrected chi connectivity index (χ4v) is 2.89. The first-order valence-electron chi connectivity index (χ1n) is 10.3. The van der Waals surface area contributed by atoms with Crippen molar-refractivity contribution >= 4 is 18.4 Å². The Hall–Kier alpha value is -3.56. The van der Waals surface area contributed by atoms with E-state index in [-0.39, 0.29) is 11.5 Å². The summed E-state index contributed by atoms with van der Waals surface area (Å²) in [5.74, 6) is -0.401. The standard InChI is InChI=1S/C23H31N7O2/c1-16(19(10-13-26-2)27-12-4-14-32-3)29-23(31)21-22(25)28-15-20(30-21)18-7-5-17(6-8-18)9-11-24/h5-8,10,13,15,27H,2,4,9,11-12,14,24H2,1,3H3,(H2,25,28)(H,29,31)/b13-10-,19-16-. The maximum Gasteiger partial charge on any atom is 0.277 e.